The Morgan fingerprint density at radius 1 is 1.40 bits per heavy atom. The van der Waals surface area contributed by atoms with Gasteiger partial charge in [-0.05, 0) is 19.8 Å². The van der Waals surface area contributed by atoms with Crippen LogP contribution in [-0.2, 0) is 4.79 Å². The Morgan fingerprint density at radius 2 is 2.00 bits per heavy atom. The molecule has 0 spiro atoms. The van der Waals surface area contributed by atoms with E-state index in [1.807, 2.05) is 0 Å². The van der Waals surface area contributed by atoms with Gasteiger partial charge in [-0.3, -0.25) is 0 Å². The second kappa shape index (κ2) is 5.86. The van der Waals surface area contributed by atoms with Crippen LogP contribution in [0.15, 0.2) is 0 Å². The molecule has 0 saturated carbocycles. The number of piperidine rings is 1. The van der Waals surface area contributed by atoms with Crippen LogP contribution in [0, 0.1) is 5.92 Å². The molecule has 0 radical (unpaired) electrons. The van der Waals surface area contributed by atoms with Gasteiger partial charge in [0.05, 0.1) is 12.5 Å². The van der Waals surface area contributed by atoms with Crippen LogP contribution in [0.4, 0.5) is 18.0 Å². The fraction of sp³-hybridized carbons (Fsp3) is 0.818. The van der Waals surface area contributed by atoms with Gasteiger partial charge < -0.3 is 20.4 Å². The van der Waals surface area contributed by atoms with Crippen molar-refractivity contribution in [1.82, 2.24) is 10.2 Å². The van der Waals surface area contributed by atoms with Crippen molar-refractivity contribution >= 4 is 12.0 Å². The monoisotopic (exact) mass is 298 g/mol. The summed E-state index contributed by atoms with van der Waals surface area (Å²) >= 11 is 0. The van der Waals surface area contributed by atoms with Crippen molar-refractivity contribution in [3.8, 4) is 0 Å². The van der Waals surface area contributed by atoms with Crippen LogP contribution in [0.25, 0.3) is 0 Å². The number of rotatable bonds is 3. The maximum Gasteiger partial charge on any atom is 0.393 e. The normalized spacial score (nSPS) is 23.1. The zero-order chi connectivity index (χ0) is 15.6. The third-order valence-corrected chi connectivity index (χ3v) is 3.22. The minimum Gasteiger partial charge on any atom is -0.479 e. The maximum atomic E-state index is 12.6. The number of carboxylic acid groups (broad SMARTS) is 1. The van der Waals surface area contributed by atoms with Gasteiger partial charge in [-0.25, -0.2) is 9.59 Å². The molecule has 2 amide bonds. The van der Waals surface area contributed by atoms with Crippen LogP contribution in [-0.4, -0.2) is 58.5 Å². The summed E-state index contributed by atoms with van der Waals surface area (Å²) in [6.45, 7) is 0.136. The zero-order valence-electron chi connectivity index (χ0n) is 10.9. The van der Waals surface area contributed by atoms with Crippen LogP contribution in [0.1, 0.15) is 19.8 Å². The number of hydrogen-bond acceptors (Lipinski definition) is 3. The Bertz CT molecular complexity index is 384. The number of aliphatic carboxylic acids is 1. The van der Waals surface area contributed by atoms with E-state index in [2.05, 4.69) is 5.32 Å². The molecule has 6 nitrogen and oxygen atoms in total. The smallest absolute Gasteiger partial charge is 0.393 e. The SMILES string of the molecule is CC(O)(CNC(=O)N1CCCC(C(F)(F)F)C1)C(=O)O. The average Bonchev–Trinajstić information content (AvgIpc) is 2.35. The van der Waals surface area contributed by atoms with Crippen molar-refractivity contribution in [2.45, 2.75) is 31.5 Å². The lowest BCUT2D eigenvalue weighted by Gasteiger charge is -2.34. The van der Waals surface area contributed by atoms with Gasteiger partial charge in [-0.2, -0.15) is 13.2 Å². The van der Waals surface area contributed by atoms with Gasteiger partial charge in [0.1, 0.15) is 0 Å². The zero-order valence-corrected chi connectivity index (χ0v) is 10.9. The van der Waals surface area contributed by atoms with Crippen LogP contribution >= 0.6 is 0 Å². The summed E-state index contributed by atoms with van der Waals surface area (Å²) in [6.07, 6.45) is -4.15. The summed E-state index contributed by atoms with van der Waals surface area (Å²) in [5, 5.41) is 20.2. The van der Waals surface area contributed by atoms with E-state index in [1.54, 1.807) is 0 Å². The highest BCUT2D eigenvalue weighted by molar-refractivity contribution is 5.79. The van der Waals surface area contributed by atoms with E-state index in [-0.39, 0.29) is 19.4 Å². The van der Waals surface area contributed by atoms with Gasteiger partial charge in [0.25, 0.3) is 0 Å². The molecule has 2 atom stereocenters. The van der Waals surface area contributed by atoms with Crippen molar-refractivity contribution in [3.63, 3.8) is 0 Å². The number of hydrogen-bond donors (Lipinski definition) is 3. The molecule has 1 aliphatic rings. The first-order valence-corrected chi connectivity index (χ1v) is 6.09. The predicted octanol–water partition coefficient (Wildman–Crippen LogP) is 0.806. The Labute approximate surface area is 113 Å². The molecule has 20 heavy (non-hydrogen) atoms. The van der Waals surface area contributed by atoms with Gasteiger partial charge >= 0.3 is 18.2 Å². The van der Waals surface area contributed by atoms with Crippen LogP contribution in [0.5, 0.6) is 0 Å². The first-order valence-electron chi connectivity index (χ1n) is 6.09. The molecule has 0 aromatic rings. The molecule has 1 saturated heterocycles. The number of aliphatic hydroxyl groups is 1. The highest BCUT2D eigenvalue weighted by Gasteiger charge is 2.43. The van der Waals surface area contributed by atoms with E-state index < -0.39 is 42.8 Å². The van der Waals surface area contributed by atoms with Gasteiger partial charge in [0.15, 0.2) is 5.60 Å². The molecule has 0 bridgehead atoms. The lowest BCUT2D eigenvalue weighted by atomic mass is 9.98. The fourth-order valence-corrected chi connectivity index (χ4v) is 1.86. The Hall–Kier alpha value is -1.51. The van der Waals surface area contributed by atoms with Gasteiger partial charge in [-0.15, -0.1) is 0 Å². The molecule has 1 fully saturated rings. The topological polar surface area (TPSA) is 89.9 Å². The average molecular weight is 298 g/mol. The van der Waals surface area contributed by atoms with Crippen LogP contribution in [0.3, 0.4) is 0 Å². The molecule has 1 heterocycles. The number of nitrogens with zero attached hydrogens (tertiary/aromatic N) is 1. The molecule has 1 aliphatic heterocycles. The minimum absolute atomic E-state index is 0.0277. The number of carboxylic acids is 1. The second-order valence-corrected chi connectivity index (χ2v) is 5.06. The van der Waals surface area contributed by atoms with E-state index >= 15 is 0 Å². The van der Waals surface area contributed by atoms with Crippen molar-refractivity contribution in [1.29, 1.82) is 0 Å². The molecule has 0 aromatic heterocycles. The van der Waals surface area contributed by atoms with Gasteiger partial charge in [-0.1, -0.05) is 0 Å². The van der Waals surface area contributed by atoms with Gasteiger partial charge in [0.2, 0.25) is 0 Å². The highest BCUT2D eigenvalue weighted by Crippen LogP contribution is 2.33. The Balaban J connectivity index is 2.54. The molecule has 9 heteroatoms. The highest BCUT2D eigenvalue weighted by atomic mass is 19.4. The Kier molecular flexibility index (Phi) is 4.85. The number of amides is 2. The van der Waals surface area contributed by atoms with E-state index in [0.717, 1.165) is 11.8 Å². The van der Waals surface area contributed by atoms with E-state index in [0.29, 0.717) is 0 Å². The molecular formula is C11H17F3N2O4. The number of carbonyl (C=O) groups excluding carboxylic acids is 1. The number of carbonyl (C=O) groups is 2. The Morgan fingerprint density at radius 3 is 2.50 bits per heavy atom. The predicted molar refractivity (Wildman–Crippen MR) is 62.0 cm³/mol. The summed E-state index contributed by atoms with van der Waals surface area (Å²) in [6, 6.07) is -0.805. The first-order chi connectivity index (χ1) is 9.04. The summed E-state index contributed by atoms with van der Waals surface area (Å²) < 4.78 is 37.7. The second-order valence-electron chi connectivity index (χ2n) is 5.06. The lowest BCUT2D eigenvalue weighted by Crippen LogP contribution is -2.53. The number of alkyl halides is 3. The molecular weight excluding hydrogens is 281 g/mol. The minimum atomic E-state index is -4.36. The summed E-state index contributed by atoms with van der Waals surface area (Å²) in [4.78, 5) is 23.3. The number of nitrogens with one attached hydrogen (secondary N) is 1. The standard InChI is InChI=1S/C11H17F3N2O4/c1-10(20,8(17)18)6-15-9(19)16-4-2-3-7(5-16)11(12,13)14/h7,20H,2-6H2,1H3,(H,15,19)(H,17,18). The third-order valence-electron chi connectivity index (χ3n) is 3.22. The number of likely N-dealkylation sites (tertiary alicyclic amines) is 1. The van der Waals surface area contributed by atoms with Gasteiger partial charge in [0, 0.05) is 13.1 Å². The van der Waals surface area contributed by atoms with E-state index in [4.69, 9.17) is 5.11 Å². The summed E-state index contributed by atoms with van der Waals surface area (Å²) in [5.41, 5.74) is -2.16. The largest absolute Gasteiger partial charge is 0.479 e. The van der Waals surface area contributed by atoms with E-state index in [1.165, 1.54) is 0 Å². The summed E-state index contributed by atoms with van der Waals surface area (Å²) in [5.74, 6) is -3.09. The molecule has 1 rings (SSSR count). The quantitative estimate of drug-likeness (QED) is 0.719. The first kappa shape index (κ1) is 16.5. The molecule has 0 aromatic carbocycles. The third kappa shape index (κ3) is 4.26. The van der Waals surface area contributed by atoms with Crippen molar-refractivity contribution in [2.75, 3.05) is 19.6 Å². The fourth-order valence-electron chi connectivity index (χ4n) is 1.86. The van der Waals surface area contributed by atoms with Crippen molar-refractivity contribution < 1.29 is 33.0 Å². The lowest BCUT2D eigenvalue weighted by molar-refractivity contribution is -0.184. The maximum absolute atomic E-state index is 12.6. The molecule has 116 valence electrons. The number of halogens is 3. The summed E-state index contributed by atoms with van der Waals surface area (Å²) in [7, 11) is 0. The molecule has 3 N–H and O–H groups in total. The number of urea groups is 1. The van der Waals surface area contributed by atoms with Crippen LogP contribution in [0.2, 0.25) is 0 Å². The van der Waals surface area contributed by atoms with Crippen molar-refractivity contribution in [2.24, 2.45) is 5.92 Å². The molecule has 0 aliphatic carbocycles. The molecule has 2 unspecified atom stereocenters. The van der Waals surface area contributed by atoms with Crippen LogP contribution < -0.4 is 5.32 Å². The van der Waals surface area contributed by atoms with E-state index in [9.17, 15) is 27.9 Å². The van der Waals surface area contributed by atoms with Crippen molar-refractivity contribution in [3.05, 3.63) is 0 Å².